The molecule has 0 saturated carbocycles. The van der Waals surface area contributed by atoms with Gasteiger partial charge < -0.3 is 19.4 Å². The summed E-state index contributed by atoms with van der Waals surface area (Å²) in [6, 6.07) is 1.82. The van der Waals surface area contributed by atoms with Crippen molar-refractivity contribution in [2.24, 2.45) is 0 Å². The molecule has 22 heavy (non-hydrogen) atoms. The summed E-state index contributed by atoms with van der Waals surface area (Å²) in [5.74, 6) is 2.04. The summed E-state index contributed by atoms with van der Waals surface area (Å²) in [6.45, 7) is 3.72. The van der Waals surface area contributed by atoms with Crippen LogP contribution in [0.5, 0.6) is 5.88 Å². The van der Waals surface area contributed by atoms with E-state index in [1.807, 2.05) is 12.4 Å². The molecule has 1 aliphatic heterocycles. The van der Waals surface area contributed by atoms with Crippen LogP contribution in [0.4, 0.5) is 5.95 Å². The zero-order valence-corrected chi connectivity index (χ0v) is 12.9. The normalized spacial score (nSPS) is 21.5. The highest BCUT2D eigenvalue weighted by Gasteiger charge is 2.31. The topological polar surface area (TPSA) is 74.1 Å². The molecule has 3 rings (SSSR count). The van der Waals surface area contributed by atoms with Crippen LogP contribution in [-0.4, -0.2) is 39.3 Å². The molecule has 0 unspecified atom stereocenters. The van der Waals surface area contributed by atoms with Gasteiger partial charge in [0, 0.05) is 37.8 Å². The van der Waals surface area contributed by atoms with Crippen molar-refractivity contribution in [1.29, 1.82) is 0 Å². The van der Waals surface area contributed by atoms with Crippen molar-refractivity contribution in [1.82, 2.24) is 19.5 Å². The predicted octanol–water partition coefficient (Wildman–Crippen LogP) is 2.03. The second-order valence-electron chi connectivity index (χ2n) is 5.18. The Morgan fingerprint density at radius 3 is 3.14 bits per heavy atom. The summed E-state index contributed by atoms with van der Waals surface area (Å²) >= 11 is 0. The van der Waals surface area contributed by atoms with Gasteiger partial charge in [-0.1, -0.05) is 0 Å². The predicted molar refractivity (Wildman–Crippen MR) is 81.8 cm³/mol. The van der Waals surface area contributed by atoms with E-state index < -0.39 is 0 Å². The van der Waals surface area contributed by atoms with Crippen LogP contribution in [0, 0.1) is 0 Å². The van der Waals surface area contributed by atoms with Crippen molar-refractivity contribution in [2.75, 3.05) is 19.0 Å². The van der Waals surface area contributed by atoms with E-state index in [9.17, 15) is 0 Å². The third-order valence-corrected chi connectivity index (χ3v) is 3.82. The van der Waals surface area contributed by atoms with Gasteiger partial charge in [-0.2, -0.15) is 4.98 Å². The number of methoxy groups -OCH3 is 1. The molecule has 2 aromatic rings. The molecular weight excluding hydrogens is 282 g/mol. The Labute approximate surface area is 129 Å². The summed E-state index contributed by atoms with van der Waals surface area (Å²) in [4.78, 5) is 13.0. The maximum Gasteiger partial charge on any atom is 0.226 e. The van der Waals surface area contributed by atoms with Crippen molar-refractivity contribution in [3.63, 3.8) is 0 Å². The van der Waals surface area contributed by atoms with Crippen LogP contribution >= 0.6 is 0 Å². The first-order valence-corrected chi connectivity index (χ1v) is 7.58. The van der Waals surface area contributed by atoms with E-state index in [0.717, 1.165) is 31.8 Å². The number of hydrogen-bond acceptors (Lipinski definition) is 6. The average Bonchev–Trinajstić information content (AvgIpc) is 3.04. The average molecular weight is 303 g/mol. The van der Waals surface area contributed by atoms with Gasteiger partial charge in [-0.3, -0.25) is 0 Å². The van der Waals surface area contributed by atoms with Gasteiger partial charge in [0.1, 0.15) is 11.9 Å². The number of aryl methyl sites for hydroxylation is 1. The maximum atomic E-state index is 5.97. The van der Waals surface area contributed by atoms with Crippen molar-refractivity contribution < 1.29 is 9.47 Å². The Morgan fingerprint density at radius 2 is 2.32 bits per heavy atom. The van der Waals surface area contributed by atoms with E-state index in [4.69, 9.17) is 9.47 Å². The Kier molecular flexibility index (Phi) is 4.53. The van der Waals surface area contributed by atoms with Crippen LogP contribution in [-0.2, 0) is 11.3 Å². The summed E-state index contributed by atoms with van der Waals surface area (Å²) in [5.41, 5.74) is 0. The van der Waals surface area contributed by atoms with Gasteiger partial charge in [-0.25, -0.2) is 9.97 Å². The quantitative estimate of drug-likeness (QED) is 0.911. The molecule has 2 aromatic heterocycles. The molecule has 0 aliphatic carbocycles. The first-order chi connectivity index (χ1) is 10.8. The minimum atomic E-state index is -0.0986. The van der Waals surface area contributed by atoms with Gasteiger partial charge in [-0.05, 0) is 19.8 Å². The second kappa shape index (κ2) is 6.74. The molecule has 0 aromatic carbocycles. The highest BCUT2D eigenvalue weighted by atomic mass is 16.5. The third kappa shape index (κ3) is 3.04. The molecule has 7 heteroatoms. The lowest BCUT2D eigenvalue weighted by atomic mass is 10.0. The van der Waals surface area contributed by atoms with Crippen LogP contribution in [0.15, 0.2) is 24.7 Å². The van der Waals surface area contributed by atoms with E-state index in [-0.39, 0.29) is 12.1 Å². The van der Waals surface area contributed by atoms with Gasteiger partial charge >= 0.3 is 0 Å². The number of anilines is 1. The standard InChI is InChI=1S/C15H21N5O2/c1-3-20-9-8-16-14(20)13-11(5-4-10-22-13)18-15-17-7-6-12(19-15)21-2/h6-9,11,13H,3-5,10H2,1-2H3,(H,17,18,19)/t11-,13-/m0/s1. The molecule has 7 nitrogen and oxygen atoms in total. The van der Waals surface area contributed by atoms with Gasteiger partial charge in [0.25, 0.3) is 0 Å². The lowest BCUT2D eigenvalue weighted by molar-refractivity contribution is -0.00189. The molecule has 1 aliphatic rings. The number of nitrogens with one attached hydrogen (secondary N) is 1. The summed E-state index contributed by atoms with van der Waals surface area (Å²) in [7, 11) is 1.59. The highest BCUT2D eigenvalue weighted by molar-refractivity contribution is 5.30. The number of hydrogen-bond donors (Lipinski definition) is 1. The number of imidazole rings is 1. The SMILES string of the molecule is CCn1ccnc1[C@H]1OCCC[C@@H]1Nc1nccc(OC)n1. The number of nitrogens with zero attached hydrogens (tertiary/aromatic N) is 4. The molecular formula is C15H21N5O2. The van der Waals surface area contributed by atoms with Gasteiger partial charge in [0.15, 0.2) is 0 Å². The van der Waals surface area contributed by atoms with Crippen molar-refractivity contribution in [3.05, 3.63) is 30.5 Å². The fraction of sp³-hybridized carbons (Fsp3) is 0.533. The number of aromatic nitrogens is 4. The number of ether oxygens (including phenoxy) is 2. The third-order valence-electron chi connectivity index (χ3n) is 3.82. The Morgan fingerprint density at radius 1 is 1.41 bits per heavy atom. The minimum absolute atomic E-state index is 0.0913. The van der Waals surface area contributed by atoms with E-state index in [2.05, 4.69) is 31.8 Å². The first kappa shape index (κ1) is 14.8. The largest absolute Gasteiger partial charge is 0.481 e. The molecule has 2 atom stereocenters. The van der Waals surface area contributed by atoms with E-state index >= 15 is 0 Å². The van der Waals surface area contributed by atoms with Gasteiger partial charge in [0.05, 0.1) is 13.2 Å². The summed E-state index contributed by atoms with van der Waals surface area (Å²) < 4.78 is 13.2. The second-order valence-corrected chi connectivity index (χ2v) is 5.18. The van der Waals surface area contributed by atoms with Gasteiger partial charge in [0.2, 0.25) is 11.8 Å². The van der Waals surface area contributed by atoms with E-state index in [1.165, 1.54) is 0 Å². The van der Waals surface area contributed by atoms with Crippen LogP contribution in [0.25, 0.3) is 0 Å². The van der Waals surface area contributed by atoms with E-state index in [0.29, 0.717) is 11.8 Å². The minimum Gasteiger partial charge on any atom is -0.481 e. The zero-order chi connectivity index (χ0) is 15.4. The fourth-order valence-corrected chi connectivity index (χ4v) is 2.72. The Hall–Kier alpha value is -2.15. The van der Waals surface area contributed by atoms with Crippen molar-refractivity contribution in [2.45, 2.75) is 38.5 Å². The Bertz CT molecular complexity index is 615. The van der Waals surface area contributed by atoms with Crippen LogP contribution in [0.2, 0.25) is 0 Å². The smallest absolute Gasteiger partial charge is 0.226 e. The van der Waals surface area contributed by atoms with Crippen molar-refractivity contribution >= 4 is 5.95 Å². The molecule has 1 saturated heterocycles. The van der Waals surface area contributed by atoms with Crippen LogP contribution < -0.4 is 10.1 Å². The molecule has 0 spiro atoms. The molecule has 0 bridgehead atoms. The molecule has 0 amide bonds. The zero-order valence-electron chi connectivity index (χ0n) is 12.9. The van der Waals surface area contributed by atoms with Crippen LogP contribution in [0.3, 0.4) is 0 Å². The summed E-state index contributed by atoms with van der Waals surface area (Å²) in [5, 5.41) is 3.36. The highest BCUT2D eigenvalue weighted by Crippen LogP contribution is 2.29. The molecule has 118 valence electrons. The lowest BCUT2D eigenvalue weighted by Crippen LogP contribution is -2.35. The molecule has 1 N–H and O–H groups in total. The lowest BCUT2D eigenvalue weighted by Gasteiger charge is -2.32. The maximum absolute atomic E-state index is 5.97. The van der Waals surface area contributed by atoms with Crippen LogP contribution in [0.1, 0.15) is 31.7 Å². The molecule has 1 fully saturated rings. The van der Waals surface area contributed by atoms with E-state index in [1.54, 1.807) is 19.4 Å². The first-order valence-electron chi connectivity index (χ1n) is 7.58. The molecule has 3 heterocycles. The number of rotatable bonds is 5. The summed E-state index contributed by atoms with van der Waals surface area (Å²) in [6.07, 6.45) is 7.37. The fourth-order valence-electron chi connectivity index (χ4n) is 2.72. The van der Waals surface area contributed by atoms with Crippen molar-refractivity contribution in [3.8, 4) is 5.88 Å². The monoisotopic (exact) mass is 303 g/mol. The van der Waals surface area contributed by atoms with Gasteiger partial charge in [-0.15, -0.1) is 0 Å². The Balaban J connectivity index is 1.80. The molecule has 0 radical (unpaired) electrons.